The van der Waals surface area contributed by atoms with E-state index in [0.29, 0.717) is 34.1 Å². The van der Waals surface area contributed by atoms with E-state index in [9.17, 15) is 14.4 Å². The second-order valence-electron chi connectivity index (χ2n) is 10.6. The van der Waals surface area contributed by atoms with Crippen molar-refractivity contribution < 1.29 is 19.1 Å². The summed E-state index contributed by atoms with van der Waals surface area (Å²) >= 11 is 6.37. The molecule has 2 aromatic carbocycles. The summed E-state index contributed by atoms with van der Waals surface area (Å²) in [4.78, 5) is 43.2. The molecule has 1 atom stereocenters. The third-order valence-corrected chi connectivity index (χ3v) is 7.43. The third kappa shape index (κ3) is 3.29. The van der Waals surface area contributed by atoms with E-state index in [4.69, 9.17) is 22.1 Å². The second kappa shape index (κ2) is 7.96. The molecule has 0 saturated heterocycles. The zero-order valence-corrected chi connectivity index (χ0v) is 21.7. The van der Waals surface area contributed by atoms with Crippen LogP contribution in [0.25, 0.3) is 0 Å². The SMILES string of the molecule is COC(=O)C1=C(N)N(c2cc(C)cc(C)c2)C2=C(C(=O)CC(C)(C)C2)C12C(=O)Nc1ccc(Cl)cc12. The van der Waals surface area contributed by atoms with E-state index in [1.165, 1.54) is 7.11 Å². The molecule has 3 N–H and O–H groups in total. The number of allylic oxidation sites excluding steroid dienone is 1. The summed E-state index contributed by atoms with van der Waals surface area (Å²) in [5, 5.41) is 3.23. The molecule has 1 aliphatic carbocycles. The van der Waals surface area contributed by atoms with Gasteiger partial charge in [-0.05, 0) is 67.1 Å². The van der Waals surface area contributed by atoms with Crippen molar-refractivity contribution in [3.8, 4) is 0 Å². The maximum absolute atomic E-state index is 14.0. The predicted molar refractivity (Wildman–Crippen MR) is 138 cm³/mol. The number of ketones is 1. The van der Waals surface area contributed by atoms with Crippen molar-refractivity contribution in [2.75, 3.05) is 17.3 Å². The number of nitrogens with one attached hydrogen (secondary N) is 1. The largest absolute Gasteiger partial charge is 0.466 e. The third-order valence-electron chi connectivity index (χ3n) is 7.20. The van der Waals surface area contributed by atoms with Crippen molar-refractivity contribution in [2.24, 2.45) is 11.1 Å². The van der Waals surface area contributed by atoms with Gasteiger partial charge in [-0.2, -0.15) is 0 Å². The van der Waals surface area contributed by atoms with E-state index >= 15 is 0 Å². The van der Waals surface area contributed by atoms with Crippen LogP contribution in [-0.2, 0) is 24.5 Å². The number of halogens is 1. The average Bonchev–Trinajstić information content (AvgIpc) is 3.03. The second-order valence-corrected chi connectivity index (χ2v) is 11.0. The predicted octanol–water partition coefficient (Wildman–Crippen LogP) is 4.65. The molecule has 3 aliphatic rings. The molecular formula is C28H28ClN3O4. The molecule has 1 spiro atoms. The molecule has 8 heteroatoms. The Labute approximate surface area is 214 Å². The molecule has 0 bridgehead atoms. The van der Waals surface area contributed by atoms with Crippen molar-refractivity contribution in [1.29, 1.82) is 0 Å². The lowest BCUT2D eigenvalue weighted by Crippen LogP contribution is -2.54. The molecule has 1 amide bonds. The Hall–Kier alpha value is -3.58. The van der Waals surface area contributed by atoms with Gasteiger partial charge in [-0.25, -0.2) is 4.79 Å². The minimum absolute atomic E-state index is 0.0547. The molecule has 2 aliphatic heterocycles. The minimum atomic E-state index is -1.77. The lowest BCUT2D eigenvalue weighted by atomic mass is 9.60. The van der Waals surface area contributed by atoms with Crippen LogP contribution in [0.5, 0.6) is 0 Å². The summed E-state index contributed by atoms with van der Waals surface area (Å²) in [5.74, 6) is -1.47. The number of hydrogen-bond donors (Lipinski definition) is 2. The molecular weight excluding hydrogens is 478 g/mol. The van der Waals surface area contributed by atoms with E-state index < -0.39 is 17.3 Å². The first kappa shape index (κ1) is 24.1. The molecule has 7 nitrogen and oxygen atoms in total. The number of aryl methyl sites for hydroxylation is 2. The van der Waals surface area contributed by atoms with E-state index in [2.05, 4.69) is 5.32 Å². The van der Waals surface area contributed by atoms with E-state index in [1.807, 2.05) is 45.9 Å². The van der Waals surface area contributed by atoms with Gasteiger partial charge in [0.15, 0.2) is 5.78 Å². The lowest BCUT2D eigenvalue weighted by molar-refractivity contribution is -0.138. The molecule has 0 radical (unpaired) electrons. The number of esters is 1. The molecule has 0 saturated carbocycles. The fourth-order valence-corrected chi connectivity index (χ4v) is 6.16. The molecule has 1 unspecified atom stereocenters. The highest BCUT2D eigenvalue weighted by atomic mass is 35.5. The number of nitrogens with two attached hydrogens (primary N) is 1. The van der Waals surface area contributed by atoms with Gasteiger partial charge < -0.3 is 15.8 Å². The Balaban J connectivity index is 1.95. The van der Waals surface area contributed by atoms with Gasteiger partial charge in [0.1, 0.15) is 16.8 Å². The molecule has 186 valence electrons. The first-order valence-electron chi connectivity index (χ1n) is 11.8. The topological polar surface area (TPSA) is 102 Å². The lowest BCUT2D eigenvalue weighted by Gasteiger charge is -2.47. The molecule has 2 heterocycles. The first-order valence-corrected chi connectivity index (χ1v) is 12.1. The first-order chi connectivity index (χ1) is 16.9. The summed E-state index contributed by atoms with van der Waals surface area (Å²) in [6.07, 6.45) is 0.687. The zero-order valence-electron chi connectivity index (χ0n) is 20.9. The van der Waals surface area contributed by atoms with E-state index in [1.54, 1.807) is 23.1 Å². The summed E-state index contributed by atoms with van der Waals surface area (Å²) in [6.45, 7) is 7.96. The quantitative estimate of drug-likeness (QED) is 0.576. The number of ether oxygens (including phenoxy) is 1. The average molecular weight is 506 g/mol. The van der Waals surface area contributed by atoms with Gasteiger partial charge in [0.2, 0.25) is 5.91 Å². The van der Waals surface area contributed by atoms with Crippen LogP contribution in [0, 0.1) is 19.3 Å². The number of hydrogen-bond acceptors (Lipinski definition) is 6. The van der Waals surface area contributed by atoms with Gasteiger partial charge in [0, 0.05) is 39.7 Å². The molecule has 36 heavy (non-hydrogen) atoms. The van der Waals surface area contributed by atoms with Crippen LogP contribution in [0.15, 0.2) is 59.1 Å². The zero-order chi connectivity index (χ0) is 26.2. The summed E-state index contributed by atoms with van der Waals surface area (Å²) in [6, 6.07) is 10.9. The number of amides is 1. The number of fused-ring (bicyclic) bond motifs is 3. The Kier molecular flexibility index (Phi) is 5.34. The fourth-order valence-electron chi connectivity index (χ4n) is 5.98. The number of Topliss-reactive ketones (excluding diaryl/α,β-unsaturated/α-hetero) is 1. The Morgan fingerprint density at radius 3 is 2.39 bits per heavy atom. The normalized spacial score (nSPS) is 22.6. The molecule has 0 aromatic heterocycles. The maximum Gasteiger partial charge on any atom is 0.339 e. The van der Waals surface area contributed by atoms with Crippen molar-refractivity contribution in [3.05, 3.63) is 80.8 Å². The van der Waals surface area contributed by atoms with Gasteiger partial charge in [0.05, 0.1) is 7.11 Å². The number of rotatable bonds is 2. The molecule has 0 fully saturated rings. The number of methoxy groups -OCH3 is 1. The van der Waals surface area contributed by atoms with Crippen LogP contribution in [0.3, 0.4) is 0 Å². The van der Waals surface area contributed by atoms with Gasteiger partial charge in [-0.15, -0.1) is 0 Å². The van der Waals surface area contributed by atoms with Crippen LogP contribution >= 0.6 is 11.6 Å². The van der Waals surface area contributed by atoms with Crippen LogP contribution in [0.1, 0.15) is 43.4 Å². The van der Waals surface area contributed by atoms with Gasteiger partial charge >= 0.3 is 5.97 Å². The Morgan fingerprint density at radius 1 is 1.08 bits per heavy atom. The number of carbonyl (C=O) groups excluding carboxylic acids is 3. The van der Waals surface area contributed by atoms with E-state index in [0.717, 1.165) is 11.1 Å². The Bertz CT molecular complexity index is 1420. The number of nitrogens with zero attached hydrogens (tertiary/aromatic N) is 1. The highest BCUT2D eigenvalue weighted by molar-refractivity contribution is 6.31. The van der Waals surface area contributed by atoms with Crippen LogP contribution < -0.4 is 16.0 Å². The van der Waals surface area contributed by atoms with Crippen molar-refractivity contribution in [2.45, 2.75) is 46.0 Å². The van der Waals surface area contributed by atoms with Crippen LogP contribution in [-0.4, -0.2) is 24.8 Å². The van der Waals surface area contributed by atoms with E-state index in [-0.39, 0.29) is 34.6 Å². The van der Waals surface area contributed by atoms with Gasteiger partial charge in [-0.3, -0.25) is 14.5 Å². The van der Waals surface area contributed by atoms with Gasteiger partial charge in [0.25, 0.3) is 0 Å². The van der Waals surface area contributed by atoms with Crippen molar-refractivity contribution in [1.82, 2.24) is 0 Å². The van der Waals surface area contributed by atoms with Crippen molar-refractivity contribution in [3.63, 3.8) is 0 Å². The van der Waals surface area contributed by atoms with Crippen LogP contribution in [0.4, 0.5) is 11.4 Å². The maximum atomic E-state index is 14.0. The van der Waals surface area contributed by atoms with Crippen LogP contribution in [0.2, 0.25) is 5.02 Å². The molecule has 2 aromatic rings. The highest BCUT2D eigenvalue weighted by Gasteiger charge is 2.63. The molecule has 5 rings (SSSR count). The summed E-state index contributed by atoms with van der Waals surface area (Å²) < 4.78 is 5.18. The Morgan fingerprint density at radius 2 is 1.75 bits per heavy atom. The number of anilines is 2. The number of benzene rings is 2. The smallest absolute Gasteiger partial charge is 0.339 e. The van der Waals surface area contributed by atoms with Gasteiger partial charge in [-0.1, -0.05) is 31.5 Å². The fraction of sp³-hybridized carbons (Fsp3) is 0.321. The standard InChI is InChI=1S/C28H28ClN3O4/c1-14-8-15(2)10-17(9-14)32-20-12-27(3,4)13-21(33)22(20)28(23(24(32)30)25(34)36-5)18-11-16(29)6-7-19(18)31-26(28)35/h6-11H,12-13,30H2,1-5H3,(H,31,35). The minimum Gasteiger partial charge on any atom is -0.466 e. The number of carbonyl (C=O) groups is 3. The monoisotopic (exact) mass is 505 g/mol. The highest BCUT2D eigenvalue weighted by Crippen LogP contribution is 2.57. The summed E-state index contributed by atoms with van der Waals surface area (Å²) in [5.41, 5.74) is 9.04. The van der Waals surface area contributed by atoms with Crippen molar-refractivity contribution >= 4 is 40.6 Å². The summed E-state index contributed by atoms with van der Waals surface area (Å²) in [7, 11) is 1.24.